The lowest BCUT2D eigenvalue weighted by Gasteiger charge is -2.35. The van der Waals surface area contributed by atoms with E-state index in [0.717, 1.165) is 44.9 Å². The Morgan fingerprint density at radius 2 is 1.21 bits per heavy atom. The van der Waals surface area contributed by atoms with Crippen LogP contribution in [-0.2, 0) is 0 Å². The van der Waals surface area contributed by atoms with Crippen molar-refractivity contribution in [1.29, 1.82) is 0 Å². The van der Waals surface area contributed by atoms with E-state index < -0.39 is 0 Å². The number of benzene rings is 6. The standard InChI is InChI=1S/C42H29N5/c1-45-37-20-11-23-43-41(37)40(29-21-22-33-31-16-7-9-18-35(31)46(38(33)26-29)30-14-3-2-4-15-30)44-42(45)47-36-19-10-8-17-32(36)34-24-27-12-5-6-13-28(27)25-39(34)47/h2-26,42H,1H3. The first-order valence-corrected chi connectivity index (χ1v) is 16.0. The molecule has 1 aliphatic rings. The first kappa shape index (κ1) is 26.1. The molecule has 0 N–H and O–H groups in total. The predicted molar refractivity (Wildman–Crippen MR) is 195 cm³/mol. The Hall–Kier alpha value is -6.20. The molecule has 1 aliphatic heterocycles. The summed E-state index contributed by atoms with van der Waals surface area (Å²) in [5, 5.41) is 7.36. The third-order valence-electron chi connectivity index (χ3n) is 9.75. The van der Waals surface area contributed by atoms with E-state index in [1.54, 1.807) is 0 Å². The lowest BCUT2D eigenvalue weighted by molar-refractivity contribution is 0.539. The van der Waals surface area contributed by atoms with Crippen molar-refractivity contribution >= 4 is 65.8 Å². The van der Waals surface area contributed by atoms with Crippen LogP contribution in [0.4, 0.5) is 5.69 Å². The molecule has 47 heavy (non-hydrogen) atoms. The number of fused-ring (bicyclic) bond motifs is 8. The molecule has 5 nitrogen and oxygen atoms in total. The van der Waals surface area contributed by atoms with Crippen molar-refractivity contribution in [1.82, 2.24) is 14.1 Å². The van der Waals surface area contributed by atoms with E-state index in [1.165, 1.54) is 37.8 Å². The van der Waals surface area contributed by atoms with Gasteiger partial charge in [0.1, 0.15) is 5.69 Å². The number of anilines is 1. The monoisotopic (exact) mass is 603 g/mol. The topological polar surface area (TPSA) is 38.4 Å². The Labute approximate surface area is 271 Å². The molecule has 0 bridgehead atoms. The zero-order valence-electron chi connectivity index (χ0n) is 25.7. The number of nitrogens with zero attached hydrogens (tertiary/aromatic N) is 5. The number of aliphatic imine (C=N–C) groups is 1. The number of hydrogen-bond acceptors (Lipinski definition) is 3. The Bertz CT molecular complexity index is 2710. The zero-order chi connectivity index (χ0) is 31.1. The number of aromatic nitrogens is 3. The molecular formula is C42H29N5. The van der Waals surface area contributed by atoms with Crippen LogP contribution in [0.5, 0.6) is 0 Å². The fourth-order valence-electron chi connectivity index (χ4n) is 7.60. The summed E-state index contributed by atoms with van der Waals surface area (Å²) in [6, 6.07) is 52.1. The third kappa shape index (κ3) is 3.77. The van der Waals surface area contributed by atoms with Crippen molar-refractivity contribution in [2.24, 2.45) is 4.99 Å². The number of rotatable bonds is 3. The van der Waals surface area contributed by atoms with E-state index in [2.05, 4.69) is 161 Å². The summed E-state index contributed by atoms with van der Waals surface area (Å²) in [5.41, 5.74) is 9.66. The van der Waals surface area contributed by atoms with Crippen LogP contribution in [-0.4, -0.2) is 26.9 Å². The van der Waals surface area contributed by atoms with Gasteiger partial charge in [0.25, 0.3) is 0 Å². The van der Waals surface area contributed by atoms with Crippen LogP contribution in [0.15, 0.2) is 157 Å². The average molecular weight is 604 g/mol. The van der Waals surface area contributed by atoms with Crippen molar-refractivity contribution in [3.8, 4) is 5.69 Å². The van der Waals surface area contributed by atoms with Crippen molar-refractivity contribution in [2.45, 2.75) is 6.29 Å². The number of hydrogen-bond donors (Lipinski definition) is 0. The van der Waals surface area contributed by atoms with Gasteiger partial charge in [-0.2, -0.15) is 0 Å². The van der Waals surface area contributed by atoms with Gasteiger partial charge in [-0.15, -0.1) is 0 Å². The van der Waals surface area contributed by atoms with Gasteiger partial charge in [-0.3, -0.25) is 4.98 Å². The molecule has 0 aliphatic carbocycles. The van der Waals surface area contributed by atoms with Crippen LogP contribution < -0.4 is 4.90 Å². The largest absolute Gasteiger partial charge is 0.334 e. The van der Waals surface area contributed by atoms with Crippen molar-refractivity contribution in [2.75, 3.05) is 11.9 Å². The highest BCUT2D eigenvalue weighted by Gasteiger charge is 2.31. The smallest absolute Gasteiger partial charge is 0.203 e. The van der Waals surface area contributed by atoms with Gasteiger partial charge in [0.05, 0.1) is 33.5 Å². The molecule has 5 heteroatoms. The lowest BCUT2D eigenvalue weighted by Crippen LogP contribution is -2.34. The van der Waals surface area contributed by atoms with Crippen LogP contribution in [0.1, 0.15) is 17.5 Å². The fourth-order valence-corrected chi connectivity index (χ4v) is 7.60. The lowest BCUT2D eigenvalue weighted by atomic mass is 10.0. The highest BCUT2D eigenvalue weighted by molar-refractivity contribution is 6.19. The first-order valence-electron chi connectivity index (χ1n) is 16.0. The zero-order valence-corrected chi connectivity index (χ0v) is 25.7. The molecule has 0 fully saturated rings. The van der Waals surface area contributed by atoms with Crippen molar-refractivity contribution in [3.63, 3.8) is 0 Å². The van der Waals surface area contributed by atoms with E-state index in [4.69, 9.17) is 9.98 Å². The summed E-state index contributed by atoms with van der Waals surface area (Å²) in [4.78, 5) is 12.8. The van der Waals surface area contributed by atoms with Gasteiger partial charge < -0.3 is 14.0 Å². The maximum absolute atomic E-state index is 5.59. The third-order valence-corrected chi connectivity index (χ3v) is 9.75. The second-order valence-corrected chi connectivity index (χ2v) is 12.3. The highest BCUT2D eigenvalue weighted by atomic mass is 15.4. The fraction of sp³-hybridized carbons (Fsp3) is 0.0476. The molecule has 222 valence electrons. The Morgan fingerprint density at radius 1 is 0.532 bits per heavy atom. The second kappa shape index (κ2) is 9.90. The summed E-state index contributed by atoms with van der Waals surface area (Å²) < 4.78 is 4.76. The van der Waals surface area contributed by atoms with Crippen molar-refractivity contribution in [3.05, 3.63) is 163 Å². The maximum atomic E-state index is 5.59. The molecule has 9 aromatic rings. The van der Waals surface area contributed by atoms with E-state index >= 15 is 0 Å². The van der Waals surface area contributed by atoms with E-state index in [-0.39, 0.29) is 6.29 Å². The molecule has 6 aromatic carbocycles. The molecule has 3 aromatic heterocycles. The molecule has 1 unspecified atom stereocenters. The van der Waals surface area contributed by atoms with Crippen LogP contribution >= 0.6 is 0 Å². The summed E-state index contributed by atoms with van der Waals surface area (Å²) in [6.45, 7) is 0. The van der Waals surface area contributed by atoms with Gasteiger partial charge in [0, 0.05) is 46.0 Å². The average Bonchev–Trinajstić information content (AvgIpc) is 3.63. The van der Waals surface area contributed by atoms with E-state index in [9.17, 15) is 0 Å². The number of pyridine rings is 1. The highest BCUT2D eigenvalue weighted by Crippen LogP contribution is 2.41. The molecule has 0 radical (unpaired) electrons. The normalized spacial score (nSPS) is 14.8. The quantitative estimate of drug-likeness (QED) is 0.202. The summed E-state index contributed by atoms with van der Waals surface area (Å²) >= 11 is 0. The van der Waals surface area contributed by atoms with Gasteiger partial charge in [0.2, 0.25) is 6.29 Å². The summed E-state index contributed by atoms with van der Waals surface area (Å²) in [5.74, 6) is 0. The van der Waals surface area contributed by atoms with E-state index in [1.807, 2.05) is 12.3 Å². The van der Waals surface area contributed by atoms with Gasteiger partial charge in [-0.25, -0.2) is 4.99 Å². The van der Waals surface area contributed by atoms with Gasteiger partial charge in [-0.05, 0) is 65.4 Å². The molecule has 0 saturated carbocycles. The maximum Gasteiger partial charge on any atom is 0.203 e. The first-order chi connectivity index (χ1) is 23.2. The molecule has 0 saturated heterocycles. The van der Waals surface area contributed by atoms with Crippen LogP contribution in [0, 0.1) is 0 Å². The summed E-state index contributed by atoms with van der Waals surface area (Å²) in [6.07, 6.45) is 1.55. The Morgan fingerprint density at radius 3 is 2.04 bits per heavy atom. The molecule has 0 spiro atoms. The van der Waals surface area contributed by atoms with Gasteiger partial charge >= 0.3 is 0 Å². The minimum absolute atomic E-state index is 0.319. The van der Waals surface area contributed by atoms with Crippen LogP contribution in [0.3, 0.4) is 0 Å². The molecule has 10 rings (SSSR count). The van der Waals surface area contributed by atoms with Gasteiger partial charge in [0.15, 0.2) is 0 Å². The van der Waals surface area contributed by atoms with Crippen LogP contribution in [0.2, 0.25) is 0 Å². The summed E-state index contributed by atoms with van der Waals surface area (Å²) in [7, 11) is 2.13. The van der Waals surface area contributed by atoms with Crippen LogP contribution in [0.25, 0.3) is 60.1 Å². The molecule has 4 heterocycles. The van der Waals surface area contributed by atoms with Gasteiger partial charge in [-0.1, -0.05) is 91.0 Å². The number of para-hydroxylation sites is 3. The Kier molecular flexibility index (Phi) is 5.49. The minimum Gasteiger partial charge on any atom is -0.334 e. The molecule has 0 amide bonds. The second-order valence-electron chi connectivity index (χ2n) is 12.3. The Balaban J connectivity index is 1.25. The van der Waals surface area contributed by atoms with Crippen molar-refractivity contribution < 1.29 is 0 Å². The molecular weight excluding hydrogens is 574 g/mol. The predicted octanol–water partition coefficient (Wildman–Crippen LogP) is 9.88. The molecule has 1 atom stereocenters. The van der Waals surface area contributed by atoms with E-state index in [0.29, 0.717) is 0 Å². The SMILES string of the molecule is CN1c2cccnc2C(c2ccc3c4ccccc4n(-c4ccccc4)c3c2)=NC1n1c2ccccc2c2cc3ccccc3cc21. The minimum atomic E-state index is -0.319.